The minimum absolute atomic E-state index is 0.0321. The normalized spacial score (nSPS) is 11.5. The van der Waals surface area contributed by atoms with Crippen LogP contribution in [0.5, 0.6) is 0 Å². The van der Waals surface area contributed by atoms with Crippen molar-refractivity contribution in [3.8, 4) is 0 Å². The molecule has 0 aliphatic rings. The molecular weight excluding hydrogens is 455 g/mol. The van der Waals surface area contributed by atoms with Gasteiger partial charge in [-0.15, -0.1) is 11.3 Å². The number of thiazole rings is 1. The molecule has 0 aliphatic carbocycles. The summed E-state index contributed by atoms with van der Waals surface area (Å²) in [4.78, 5) is 17.3. The Balaban J connectivity index is 1.60. The van der Waals surface area contributed by atoms with E-state index < -0.39 is 15.9 Å². The number of anilines is 2. The number of imidazole rings is 1. The number of aromatic nitrogens is 2. The van der Waals surface area contributed by atoms with Gasteiger partial charge >= 0.3 is 0 Å². The van der Waals surface area contributed by atoms with E-state index in [4.69, 9.17) is 23.2 Å². The summed E-state index contributed by atoms with van der Waals surface area (Å²) in [5.41, 5.74) is 0.721. The lowest BCUT2D eigenvalue weighted by Gasteiger charge is -2.11. The Hall–Kier alpha value is -2.59. The average molecular weight is 467 g/mol. The van der Waals surface area contributed by atoms with Crippen LogP contribution in [0, 0.1) is 0 Å². The molecule has 4 rings (SSSR count). The van der Waals surface area contributed by atoms with Gasteiger partial charge in [-0.3, -0.25) is 13.9 Å². The summed E-state index contributed by atoms with van der Waals surface area (Å²) >= 11 is 13.4. The summed E-state index contributed by atoms with van der Waals surface area (Å²) in [6, 6.07) is 12.4. The van der Waals surface area contributed by atoms with Crippen LogP contribution in [-0.2, 0) is 10.0 Å². The standard InChI is InChI=1S/C18H12Cl2N4O3S2/c19-13-6-1-2-7-14(13)23-29(26,27)12-5-3-4-11(10-12)21-17(25)15-16(20)22-18-24(15)8-9-28-18/h1-10,23H,(H,21,25). The van der Waals surface area contributed by atoms with Crippen LogP contribution >= 0.6 is 34.5 Å². The quantitative estimate of drug-likeness (QED) is 0.443. The van der Waals surface area contributed by atoms with Crippen LogP contribution in [0.4, 0.5) is 11.4 Å². The van der Waals surface area contributed by atoms with E-state index in [2.05, 4.69) is 15.0 Å². The molecular formula is C18H12Cl2N4O3S2. The van der Waals surface area contributed by atoms with Crippen molar-refractivity contribution >= 4 is 66.8 Å². The highest BCUT2D eigenvalue weighted by Crippen LogP contribution is 2.26. The van der Waals surface area contributed by atoms with Gasteiger partial charge in [0.1, 0.15) is 0 Å². The first-order valence-electron chi connectivity index (χ1n) is 8.15. The molecule has 148 valence electrons. The Labute approximate surface area is 180 Å². The molecule has 0 bridgehead atoms. The zero-order valence-corrected chi connectivity index (χ0v) is 17.6. The molecule has 0 radical (unpaired) electrons. The van der Waals surface area contributed by atoms with Crippen molar-refractivity contribution in [2.24, 2.45) is 0 Å². The second-order valence-electron chi connectivity index (χ2n) is 5.87. The van der Waals surface area contributed by atoms with Gasteiger partial charge in [-0.05, 0) is 30.3 Å². The number of nitrogens with one attached hydrogen (secondary N) is 2. The Morgan fingerprint density at radius 3 is 2.69 bits per heavy atom. The first-order valence-corrected chi connectivity index (χ1v) is 11.3. The molecule has 0 saturated heterocycles. The van der Waals surface area contributed by atoms with Gasteiger partial charge in [0.25, 0.3) is 15.9 Å². The minimum Gasteiger partial charge on any atom is -0.321 e. The predicted octanol–water partition coefficient (Wildman–Crippen LogP) is 4.76. The van der Waals surface area contributed by atoms with Crippen molar-refractivity contribution in [1.82, 2.24) is 9.38 Å². The van der Waals surface area contributed by atoms with Crippen LogP contribution in [0.25, 0.3) is 4.96 Å². The Bertz CT molecular complexity index is 1330. The number of carbonyl (C=O) groups excluding carboxylic acids is 1. The third kappa shape index (κ3) is 3.95. The SMILES string of the molecule is O=C(Nc1cccc(S(=O)(=O)Nc2ccccc2Cl)c1)c1c(Cl)nc2sccn12. The van der Waals surface area contributed by atoms with Crippen molar-refractivity contribution < 1.29 is 13.2 Å². The molecule has 2 heterocycles. The summed E-state index contributed by atoms with van der Waals surface area (Å²) in [6.45, 7) is 0. The topological polar surface area (TPSA) is 92.6 Å². The third-order valence-electron chi connectivity index (χ3n) is 3.96. The first-order chi connectivity index (χ1) is 13.8. The average Bonchev–Trinajstić information content (AvgIpc) is 3.23. The summed E-state index contributed by atoms with van der Waals surface area (Å²) < 4.78 is 29.4. The van der Waals surface area contributed by atoms with E-state index in [-0.39, 0.29) is 26.5 Å². The molecule has 0 spiro atoms. The van der Waals surface area contributed by atoms with Crippen molar-refractivity contribution in [2.45, 2.75) is 4.90 Å². The van der Waals surface area contributed by atoms with Gasteiger partial charge in [0.15, 0.2) is 15.8 Å². The molecule has 2 aromatic carbocycles. The number of rotatable bonds is 5. The fourth-order valence-corrected chi connectivity index (χ4v) is 5.03. The second-order valence-corrected chi connectivity index (χ2v) is 9.19. The monoisotopic (exact) mass is 466 g/mol. The maximum Gasteiger partial charge on any atom is 0.275 e. The maximum absolute atomic E-state index is 12.7. The van der Waals surface area contributed by atoms with Gasteiger partial charge in [0, 0.05) is 17.3 Å². The van der Waals surface area contributed by atoms with Gasteiger partial charge in [-0.2, -0.15) is 0 Å². The van der Waals surface area contributed by atoms with Crippen LogP contribution in [0.3, 0.4) is 0 Å². The molecule has 7 nitrogen and oxygen atoms in total. The number of nitrogens with zero attached hydrogens (tertiary/aromatic N) is 2. The van der Waals surface area contributed by atoms with Crippen molar-refractivity contribution in [3.05, 3.63) is 76.0 Å². The van der Waals surface area contributed by atoms with Gasteiger partial charge < -0.3 is 5.32 Å². The van der Waals surface area contributed by atoms with Crippen LogP contribution in [0.2, 0.25) is 10.2 Å². The van der Waals surface area contributed by atoms with Crippen molar-refractivity contribution in [3.63, 3.8) is 0 Å². The van der Waals surface area contributed by atoms with Crippen LogP contribution < -0.4 is 10.0 Å². The lowest BCUT2D eigenvalue weighted by molar-refractivity contribution is 0.102. The molecule has 0 unspecified atom stereocenters. The summed E-state index contributed by atoms with van der Waals surface area (Å²) in [6.07, 6.45) is 1.68. The van der Waals surface area contributed by atoms with Crippen molar-refractivity contribution in [1.29, 1.82) is 0 Å². The molecule has 1 amide bonds. The van der Waals surface area contributed by atoms with E-state index in [0.29, 0.717) is 10.6 Å². The molecule has 0 saturated carbocycles. The van der Waals surface area contributed by atoms with Gasteiger partial charge in [-0.25, -0.2) is 13.4 Å². The molecule has 2 aromatic heterocycles. The second kappa shape index (κ2) is 7.68. The lowest BCUT2D eigenvalue weighted by Crippen LogP contribution is -2.16. The van der Waals surface area contributed by atoms with E-state index in [0.717, 1.165) is 0 Å². The number of amides is 1. The Morgan fingerprint density at radius 2 is 1.90 bits per heavy atom. The van der Waals surface area contributed by atoms with E-state index in [9.17, 15) is 13.2 Å². The highest BCUT2D eigenvalue weighted by atomic mass is 35.5. The summed E-state index contributed by atoms with van der Waals surface area (Å²) in [5.74, 6) is -0.505. The minimum atomic E-state index is -3.91. The van der Waals surface area contributed by atoms with Crippen molar-refractivity contribution in [2.75, 3.05) is 10.0 Å². The number of sulfonamides is 1. The maximum atomic E-state index is 12.7. The number of para-hydroxylation sites is 1. The van der Waals surface area contributed by atoms with E-state index in [1.165, 1.54) is 29.5 Å². The summed E-state index contributed by atoms with van der Waals surface area (Å²) in [7, 11) is -3.91. The Morgan fingerprint density at radius 1 is 1.10 bits per heavy atom. The molecule has 29 heavy (non-hydrogen) atoms. The van der Waals surface area contributed by atoms with Gasteiger partial charge in [-0.1, -0.05) is 41.4 Å². The smallest absolute Gasteiger partial charge is 0.275 e. The number of hydrogen-bond donors (Lipinski definition) is 2. The number of hydrogen-bond acceptors (Lipinski definition) is 5. The number of fused-ring (bicyclic) bond motifs is 1. The molecule has 2 N–H and O–H groups in total. The number of halogens is 2. The van der Waals surface area contributed by atoms with Gasteiger partial charge in [0.2, 0.25) is 0 Å². The zero-order valence-electron chi connectivity index (χ0n) is 14.5. The predicted molar refractivity (Wildman–Crippen MR) is 115 cm³/mol. The number of carbonyl (C=O) groups is 1. The van der Waals surface area contributed by atoms with Crippen LogP contribution in [-0.4, -0.2) is 23.7 Å². The van der Waals surface area contributed by atoms with E-state index in [1.54, 1.807) is 46.3 Å². The fourth-order valence-electron chi connectivity index (χ4n) is 2.64. The Kier molecular flexibility index (Phi) is 5.22. The van der Waals surface area contributed by atoms with E-state index >= 15 is 0 Å². The lowest BCUT2D eigenvalue weighted by atomic mass is 10.3. The van der Waals surface area contributed by atoms with E-state index in [1.807, 2.05) is 0 Å². The first kappa shape index (κ1) is 19.7. The third-order valence-corrected chi connectivity index (χ3v) is 6.67. The molecule has 0 atom stereocenters. The molecule has 4 aromatic rings. The zero-order chi connectivity index (χ0) is 20.6. The van der Waals surface area contributed by atoms with Crippen LogP contribution in [0.1, 0.15) is 10.5 Å². The fraction of sp³-hybridized carbons (Fsp3) is 0. The summed E-state index contributed by atoms with van der Waals surface area (Å²) in [5, 5.41) is 4.78. The van der Waals surface area contributed by atoms with Gasteiger partial charge in [0.05, 0.1) is 15.6 Å². The largest absolute Gasteiger partial charge is 0.321 e. The molecule has 11 heteroatoms. The highest BCUT2D eigenvalue weighted by molar-refractivity contribution is 7.92. The number of benzene rings is 2. The highest BCUT2D eigenvalue weighted by Gasteiger charge is 2.20. The molecule has 0 fully saturated rings. The molecule has 0 aliphatic heterocycles. The van der Waals surface area contributed by atoms with Crippen LogP contribution in [0.15, 0.2) is 65.0 Å².